The van der Waals surface area contributed by atoms with Crippen molar-refractivity contribution < 1.29 is 94.8 Å². The molecular formula is C9H19Ar2N4W-. The van der Waals surface area contributed by atoms with Gasteiger partial charge in [-0.15, -0.1) is 0 Å². The van der Waals surface area contributed by atoms with Gasteiger partial charge in [-0.25, -0.2) is 0 Å². The Bertz CT molecular complexity index is 184. The van der Waals surface area contributed by atoms with Gasteiger partial charge in [0.2, 0.25) is 0 Å². The van der Waals surface area contributed by atoms with Crippen molar-refractivity contribution in [2.45, 2.75) is 13.8 Å². The maximum Gasteiger partial charge on any atom is 0 e. The first kappa shape index (κ1) is 30.6. The van der Waals surface area contributed by atoms with E-state index in [-0.39, 0.29) is 75.5 Å². The van der Waals surface area contributed by atoms with E-state index < -0.39 is 0 Å². The summed E-state index contributed by atoms with van der Waals surface area (Å²) in [4.78, 5) is 3.69. The van der Waals surface area contributed by atoms with Crippen molar-refractivity contribution >= 4 is 16.6 Å². The third-order valence-corrected chi connectivity index (χ3v) is 0.721. The topological polar surface area (TPSA) is 74.3 Å². The van der Waals surface area contributed by atoms with Crippen molar-refractivity contribution in [1.29, 1.82) is 5.41 Å². The fourth-order valence-corrected chi connectivity index (χ4v) is 0.245. The summed E-state index contributed by atoms with van der Waals surface area (Å²) in [6.07, 6.45) is 5.53. The molecule has 16 heavy (non-hydrogen) atoms. The number of hydrogen-bond donors (Lipinski definition) is 3. The van der Waals surface area contributed by atoms with E-state index in [1.165, 1.54) is 0 Å². The van der Waals surface area contributed by atoms with Gasteiger partial charge in [0.25, 0.3) is 0 Å². The minimum atomic E-state index is 0. The molecule has 0 aliphatic heterocycles. The molecule has 4 N–H and O–H groups in total. The Balaban J connectivity index is -0.0000000393. The molecule has 0 rings (SSSR count). The first-order valence-electron chi connectivity index (χ1n) is 3.97. The van der Waals surface area contributed by atoms with Crippen molar-refractivity contribution in [3.63, 3.8) is 0 Å². The summed E-state index contributed by atoms with van der Waals surface area (Å²) in [6, 6.07) is 0. The Morgan fingerprint density at radius 2 is 1.75 bits per heavy atom. The zero-order valence-electron chi connectivity index (χ0n) is 9.87. The zero-order chi connectivity index (χ0) is 11.8. The number of amidine groups is 1. The number of nitrogens with zero attached hydrogens (tertiary/aromatic N) is 1. The maximum absolute atomic E-state index is 6.09. The zero-order valence-corrected chi connectivity index (χ0v) is 14.2. The fraction of sp³-hybridized carbons (Fsp3) is 0.444. The van der Waals surface area contributed by atoms with Gasteiger partial charge in [0.1, 0.15) is 5.84 Å². The molecule has 0 saturated heterocycles. The molecule has 0 aromatic heterocycles. The summed E-state index contributed by atoms with van der Waals surface area (Å²) in [5.74, 6) is 0.572. The largest absolute Gasteiger partial charge is 0 e. The van der Waals surface area contributed by atoms with Crippen LogP contribution in [0.5, 0.6) is 0 Å². The van der Waals surface area contributed by atoms with Gasteiger partial charge < -0.3 is 22.8 Å². The van der Waals surface area contributed by atoms with E-state index in [0.29, 0.717) is 5.84 Å². The van der Waals surface area contributed by atoms with Gasteiger partial charge >= 0.3 is 30.7 Å². The van der Waals surface area contributed by atoms with Crippen LogP contribution in [0.4, 0.5) is 0 Å². The van der Waals surface area contributed by atoms with Gasteiger partial charge in [0, 0.05) is 82.5 Å². The summed E-state index contributed by atoms with van der Waals surface area (Å²) < 4.78 is 2.08. The van der Waals surface area contributed by atoms with Crippen LogP contribution >= 0.6 is 0 Å². The molecule has 0 heterocycles. The molecule has 0 aliphatic carbocycles. The van der Waals surface area contributed by atoms with Crippen LogP contribution in [0.25, 0.3) is 0 Å². The molecule has 4 nitrogen and oxygen atoms in total. The van der Waals surface area contributed by atoms with E-state index >= 15 is 0 Å². The molecular weight excluding hydrogens is 428 g/mol. The normalized spacial score (nSPS) is 7.88. The molecule has 98 valence electrons. The summed E-state index contributed by atoms with van der Waals surface area (Å²) >= 11 is 1.55. The van der Waals surface area contributed by atoms with Crippen LogP contribution in [0.15, 0.2) is 17.1 Å². The molecule has 0 aromatic rings. The number of rotatable bonds is 2. The third kappa shape index (κ3) is 57.0. The smallest absolute Gasteiger partial charge is 0 e. The van der Waals surface area contributed by atoms with E-state index in [2.05, 4.69) is 14.7 Å². The molecule has 0 spiro atoms. The third-order valence-electron chi connectivity index (χ3n) is 0.721. The molecule has 0 aliphatic rings. The number of aliphatic imine (C=N–C) groups is 1. The van der Waals surface area contributed by atoms with E-state index in [1.807, 2.05) is 26.3 Å². The Labute approximate surface area is 170 Å². The molecule has 0 radical (unpaired) electrons. The summed E-state index contributed by atoms with van der Waals surface area (Å²) in [7, 11) is 3.29. The maximum atomic E-state index is 6.09. The van der Waals surface area contributed by atoms with Crippen molar-refractivity contribution in [3.05, 3.63) is 12.2 Å². The minimum Gasteiger partial charge on any atom is 0 e. The van der Waals surface area contributed by atoms with Gasteiger partial charge in [-0.05, 0) is 20.0 Å². The first-order valence-corrected chi connectivity index (χ1v) is 5.67. The van der Waals surface area contributed by atoms with E-state index in [4.69, 9.17) is 11.1 Å². The molecule has 7 heteroatoms. The molecule has 0 bridgehead atoms. The molecule has 0 fully saturated rings. The van der Waals surface area contributed by atoms with Gasteiger partial charge in [-0.1, -0.05) is 6.08 Å². The predicted octanol–water partition coefficient (Wildman–Crippen LogP) is 0.595. The molecule has 0 aromatic carbocycles. The Hall–Kier alpha value is 1.76. The van der Waals surface area contributed by atoms with Crippen LogP contribution < -0.4 is 11.1 Å². The second-order valence-electron chi connectivity index (χ2n) is 1.76. The SMILES string of the molecule is C/C=C\C(N)=NC.CN[C-]=N.C[CH]=[W].[Ar].[Ar]. The first-order chi connectivity index (χ1) is 6.64. The Morgan fingerprint density at radius 1 is 1.44 bits per heavy atom. The average Bonchev–Trinajstić information content (AvgIpc) is 2.20. The van der Waals surface area contributed by atoms with E-state index in [1.54, 1.807) is 39.5 Å². The monoisotopic (exact) mass is 447 g/mol. The predicted molar refractivity (Wildman–Crippen MR) is 60.9 cm³/mol. The number of hydrogen-bond acceptors (Lipinski definition) is 2. The summed E-state index contributed by atoms with van der Waals surface area (Å²) in [5, 5.41) is 8.44. The minimum absolute atomic E-state index is 0. The van der Waals surface area contributed by atoms with Crippen LogP contribution in [0.3, 0.4) is 0 Å². The van der Waals surface area contributed by atoms with Crippen molar-refractivity contribution in [3.8, 4) is 0 Å². The molecule has 0 amide bonds. The average molecular weight is 447 g/mol. The van der Waals surface area contributed by atoms with Gasteiger partial charge in [0.05, 0.1) is 0 Å². The van der Waals surface area contributed by atoms with Gasteiger partial charge in [0.15, 0.2) is 0 Å². The van der Waals surface area contributed by atoms with Crippen LogP contribution in [0, 0.1) is 80.9 Å². The fourth-order valence-electron chi connectivity index (χ4n) is 0.245. The van der Waals surface area contributed by atoms with E-state index in [0.717, 1.165) is 0 Å². The van der Waals surface area contributed by atoms with Crippen molar-refractivity contribution in [2.24, 2.45) is 10.7 Å². The second kappa shape index (κ2) is 36.0. The van der Waals surface area contributed by atoms with Gasteiger partial charge in [-0.3, -0.25) is 4.99 Å². The number of nitrogens with one attached hydrogen (secondary N) is 2. The Kier molecular flexibility index (Phi) is 68.9. The quantitative estimate of drug-likeness (QED) is 0.251. The van der Waals surface area contributed by atoms with Crippen LogP contribution in [0.2, 0.25) is 0 Å². The van der Waals surface area contributed by atoms with Crippen LogP contribution in [-0.4, -0.2) is 30.7 Å². The summed E-state index contributed by atoms with van der Waals surface area (Å²) in [6.45, 7) is 3.94. The number of allylic oxidation sites excluding steroid dienone is 1. The van der Waals surface area contributed by atoms with Crippen LogP contribution in [0.1, 0.15) is 13.8 Å². The molecule has 0 saturated carbocycles. The Morgan fingerprint density at radius 3 is 1.81 bits per heavy atom. The molecule has 0 unspecified atom stereocenters. The number of nitrogens with two attached hydrogens (primary N) is 1. The van der Waals surface area contributed by atoms with Crippen molar-refractivity contribution in [1.82, 2.24) is 5.32 Å². The molecule has 0 atom stereocenters. The summed E-state index contributed by atoms with van der Waals surface area (Å²) in [5.41, 5.74) is 5.25. The second-order valence-corrected chi connectivity index (χ2v) is 3.45. The standard InChI is InChI=1S/C5H10N2.C2H5N2.C2H4.2Ar.W/c1-3-4-5(6)7-2;1-4-2-3;1-2;;;/h3-4H,1-2H3,(H2,6,7);1H3,(H2,3,4);1H,2H3;;;/q;-1;;;;/b4-3-;;;;;. The van der Waals surface area contributed by atoms with E-state index in [9.17, 15) is 0 Å². The van der Waals surface area contributed by atoms with Gasteiger partial charge in [-0.2, -0.15) is 0 Å². The van der Waals surface area contributed by atoms with Crippen molar-refractivity contribution in [2.75, 3.05) is 14.1 Å². The van der Waals surface area contributed by atoms with Crippen LogP contribution in [-0.2, 0) is 19.4 Å².